The van der Waals surface area contributed by atoms with Gasteiger partial charge in [0.25, 0.3) is 5.91 Å². The van der Waals surface area contributed by atoms with Gasteiger partial charge in [-0.2, -0.15) is 0 Å². The van der Waals surface area contributed by atoms with Gasteiger partial charge in [0, 0.05) is 5.02 Å². The molecule has 4 nitrogen and oxygen atoms in total. The van der Waals surface area contributed by atoms with Crippen LogP contribution in [0.25, 0.3) is 0 Å². The molecule has 1 N–H and O–H groups in total. The minimum atomic E-state index is -0.699. The number of carbonyl (C=O) groups excluding carboxylic acids is 2. The molecule has 1 aliphatic rings. The number of halogens is 2. The van der Waals surface area contributed by atoms with Gasteiger partial charge in [-0.1, -0.05) is 60.3 Å². The first-order valence-corrected chi connectivity index (χ1v) is 9.24. The number of ether oxygens (including phenoxy) is 1. The summed E-state index contributed by atoms with van der Waals surface area (Å²) >= 11 is 12.0. The van der Waals surface area contributed by atoms with Gasteiger partial charge in [0.1, 0.15) is 0 Å². The zero-order valence-electron chi connectivity index (χ0n) is 14.1. The molecule has 1 aliphatic carbocycles. The van der Waals surface area contributed by atoms with Gasteiger partial charge in [-0.3, -0.25) is 9.59 Å². The normalized spacial score (nSPS) is 15.5. The van der Waals surface area contributed by atoms with E-state index >= 15 is 0 Å². The highest BCUT2D eigenvalue weighted by Gasteiger charge is 2.44. The number of carbonyl (C=O) groups is 2. The summed E-state index contributed by atoms with van der Waals surface area (Å²) in [5, 5.41) is 3.70. The first kappa shape index (κ1) is 18.7. The predicted octanol–water partition coefficient (Wildman–Crippen LogP) is 4.99. The maximum atomic E-state index is 12.8. The third-order valence-corrected chi connectivity index (χ3v) is 5.31. The molecule has 1 fully saturated rings. The van der Waals surface area contributed by atoms with Crippen LogP contribution < -0.4 is 5.32 Å². The van der Waals surface area contributed by atoms with Crippen LogP contribution in [0.15, 0.2) is 48.5 Å². The molecule has 0 heterocycles. The zero-order chi connectivity index (χ0) is 18.6. The summed E-state index contributed by atoms with van der Waals surface area (Å²) in [7, 11) is 0. The van der Waals surface area contributed by atoms with E-state index in [0.29, 0.717) is 28.6 Å². The Hall–Kier alpha value is -2.04. The molecule has 136 valence electrons. The van der Waals surface area contributed by atoms with Crippen molar-refractivity contribution in [1.29, 1.82) is 0 Å². The van der Waals surface area contributed by atoms with Gasteiger partial charge >= 0.3 is 5.97 Å². The molecule has 0 aliphatic heterocycles. The number of benzene rings is 2. The molecule has 2 aromatic rings. The number of hydrogen-bond donors (Lipinski definition) is 1. The second kappa shape index (κ2) is 8.11. The van der Waals surface area contributed by atoms with Crippen LogP contribution in [0.1, 0.15) is 31.2 Å². The number of esters is 1. The fourth-order valence-corrected chi connectivity index (χ4v) is 3.69. The minimum Gasteiger partial charge on any atom is -0.455 e. The minimum absolute atomic E-state index is 0.348. The summed E-state index contributed by atoms with van der Waals surface area (Å²) in [6.07, 6.45) is 3.31. The van der Waals surface area contributed by atoms with E-state index < -0.39 is 11.3 Å². The standard InChI is InChI=1S/C20H19Cl2NO3/c21-15-9-7-14(8-10-15)20(11-3-4-12-20)19(25)26-13-18(24)23-17-6-2-1-5-16(17)22/h1-2,5-10H,3-4,11-13H2,(H,23,24). The van der Waals surface area contributed by atoms with Gasteiger partial charge in [-0.05, 0) is 42.7 Å². The topological polar surface area (TPSA) is 55.4 Å². The number of hydrogen-bond acceptors (Lipinski definition) is 3. The van der Waals surface area contributed by atoms with E-state index in [9.17, 15) is 9.59 Å². The van der Waals surface area contributed by atoms with Gasteiger partial charge in [0.15, 0.2) is 6.61 Å². The third kappa shape index (κ3) is 4.02. The van der Waals surface area contributed by atoms with Crippen molar-refractivity contribution < 1.29 is 14.3 Å². The molecule has 6 heteroatoms. The first-order valence-electron chi connectivity index (χ1n) is 8.49. The van der Waals surface area contributed by atoms with Crippen molar-refractivity contribution >= 4 is 40.8 Å². The summed E-state index contributed by atoms with van der Waals surface area (Å²) in [4.78, 5) is 24.9. The largest absolute Gasteiger partial charge is 0.455 e. The van der Waals surface area contributed by atoms with Crippen LogP contribution in [-0.2, 0) is 19.7 Å². The molecule has 2 aromatic carbocycles. The Balaban J connectivity index is 1.66. The lowest BCUT2D eigenvalue weighted by Crippen LogP contribution is -2.36. The van der Waals surface area contributed by atoms with Gasteiger partial charge in [-0.15, -0.1) is 0 Å². The number of nitrogens with one attached hydrogen (secondary N) is 1. The molecule has 0 unspecified atom stereocenters. The molecule has 3 rings (SSSR count). The number of anilines is 1. The van der Waals surface area contributed by atoms with Crippen molar-refractivity contribution in [1.82, 2.24) is 0 Å². The van der Waals surface area contributed by atoms with Gasteiger partial charge in [0.05, 0.1) is 16.1 Å². The number of amides is 1. The Labute approximate surface area is 162 Å². The summed E-state index contributed by atoms with van der Waals surface area (Å²) in [6, 6.07) is 14.2. The van der Waals surface area contributed by atoms with E-state index in [1.165, 1.54) is 0 Å². The molecule has 26 heavy (non-hydrogen) atoms. The average Bonchev–Trinajstić information content (AvgIpc) is 3.13. The highest BCUT2D eigenvalue weighted by molar-refractivity contribution is 6.33. The van der Waals surface area contributed by atoms with E-state index in [-0.39, 0.29) is 12.6 Å². The summed E-state index contributed by atoms with van der Waals surface area (Å²) in [5.41, 5.74) is 0.675. The predicted molar refractivity (Wildman–Crippen MR) is 103 cm³/mol. The Kier molecular flexibility index (Phi) is 5.84. The molecule has 1 amide bonds. The van der Waals surface area contributed by atoms with Crippen LogP contribution in [-0.4, -0.2) is 18.5 Å². The molecule has 0 atom stereocenters. The lowest BCUT2D eigenvalue weighted by atomic mass is 9.79. The smallest absolute Gasteiger partial charge is 0.317 e. The molecule has 0 bridgehead atoms. The van der Waals surface area contributed by atoms with Gasteiger partial charge in [0.2, 0.25) is 0 Å². The SMILES string of the molecule is O=C(COC(=O)C1(c2ccc(Cl)cc2)CCCC1)Nc1ccccc1Cl. The Morgan fingerprint density at radius 2 is 1.65 bits per heavy atom. The fraction of sp³-hybridized carbons (Fsp3) is 0.300. The van der Waals surface area contributed by atoms with Gasteiger partial charge < -0.3 is 10.1 Å². The van der Waals surface area contributed by atoms with Crippen molar-refractivity contribution in [2.24, 2.45) is 0 Å². The number of para-hydroxylation sites is 1. The summed E-state index contributed by atoms with van der Waals surface area (Å²) in [5.74, 6) is -0.790. The second-order valence-electron chi connectivity index (χ2n) is 6.40. The molecule has 0 radical (unpaired) electrons. The van der Waals surface area contributed by atoms with Crippen LogP contribution in [0, 0.1) is 0 Å². The van der Waals surface area contributed by atoms with E-state index in [2.05, 4.69) is 5.32 Å². The zero-order valence-corrected chi connectivity index (χ0v) is 15.6. The van der Waals surface area contributed by atoms with Crippen LogP contribution in [0.3, 0.4) is 0 Å². The number of rotatable bonds is 5. The van der Waals surface area contributed by atoms with E-state index in [1.807, 2.05) is 12.1 Å². The first-order chi connectivity index (χ1) is 12.5. The maximum absolute atomic E-state index is 12.8. The summed E-state index contributed by atoms with van der Waals surface area (Å²) in [6.45, 7) is -0.348. The quantitative estimate of drug-likeness (QED) is 0.730. The van der Waals surface area contributed by atoms with Crippen LogP contribution in [0.2, 0.25) is 10.0 Å². The maximum Gasteiger partial charge on any atom is 0.317 e. The van der Waals surface area contributed by atoms with Crippen molar-refractivity contribution in [3.63, 3.8) is 0 Å². The van der Waals surface area contributed by atoms with Gasteiger partial charge in [-0.25, -0.2) is 0 Å². The van der Waals surface area contributed by atoms with E-state index in [1.54, 1.807) is 36.4 Å². The van der Waals surface area contributed by atoms with Crippen molar-refractivity contribution in [2.75, 3.05) is 11.9 Å². The highest BCUT2D eigenvalue weighted by Crippen LogP contribution is 2.42. The Morgan fingerprint density at radius 1 is 1.00 bits per heavy atom. The highest BCUT2D eigenvalue weighted by atomic mass is 35.5. The Morgan fingerprint density at radius 3 is 2.31 bits per heavy atom. The molecule has 1 saturated carbocycles. The van der Waals surface area contributed by atoms with Crippen molar-refractivity contribution in [3.05, 3.63) is 64.1 Å². The van der Waals surface area contributed by atoms with Crippen molar-refractivity contribution in [2.45, 2.75) is 31.1 Å². The van der Waals surface area contributed by atoms with Crippen molar-refractivity contribution in [3.8, 4) is 0 Å². The molecular formula is C20H19Cl2NO3. The van der Waals surface area contributed by atoms with Crippen LogP contribution in [0.4, 0.5) is 5.69 Å². The lowest BCUT2D eigenvalue weighted by Gasteiger charge is -2.27. The van der Waals surface area contributed by atoms with Crippen LogP contribution >= 0.6 is 23.2 Å². The van der Waals surface area contributed by atoms with E-state index in [4.69, 9.17) is 27.9 Å². The molecule has 0 saturated heterocycles. The lowest BCUT2D eigenvalue weighted by molar-refractivity contribution is -0.153. The monoisotopic (exact) mass is 391 g/mol. The molecule has 0 aromatic heterocycles. The molecule has 0 spiro atoms. The second-order valence-corrected chi connectivity index (χ2v) is 7.24. The van der Waals surface area contributed by atoms with E-state index in [0.717, 1.165) is 18.4 Å². The average molecular weight is 392 g/mol. The summed E-state index contributed by atoms with van der Waals surface area (Å²) < 4.78 is 5.36. The molecular weight excluding hydrogens is 373 g/mol. The third-order valence-electron chi connectivity index (χ3n) is 4.73. The Bertz CT molecular complexity index is 799. The van der Waals surface area contributed by atoms with Crippen LogP contribution in [0.5, 0.6) is 0 Å². The fourth-order valence-electron chi connectivity index (χ4n) is 3.38.